The number of hydrogen-bond acceptors (Lipinski definition) is 4. The number of rotatable bonds is 6. The second-order valence-corrected chi connectivity index (χ2v) is 9.53. The number of carbonyl (C=O) groups is 2. The fourth-order valence-electron chi connectivity index (χ4n) is 5.14. The summed E-state index contributed by atoms with van der Waals surface area (Å²) in [5.74, 6) is -0.741. The number of hydrogen-bond donors (Lipinski definition) is 2. The van der Waals surface area contributed by atoms with Crippen LogP contribution >= 0.6 is 0 Å². The van der Waals surface area contributed by atoms with Gasteiger partial charge in [-0.2, -0.15) is 0 Å². The average Bonchev–Trinajstić information content (AvgIpc) is 3.43. The van der Waals surface area contributed by atoms with Gasteiger partial charge < -0.3 is 19.8 Å². The Hall–Kier alpha value is -2.90. The molecule has 0 radical (unpaired) electrons. The molecule has 0 saturated heterocycles. The molecule has 1 aliphatic heterocycles. The molecule has 2 fully saturated rings. The Kier molecular flexibility index (Phi) is 5.85. The van der Waals surface area contributed by atoms with Crippen LogP contribution in [0.5, 0.6) is 5.75 Å². The zero-order valence-electron chi connectivity index (χ0n) is 18.4. The molecule has 5 rings (SSSR count). The first kappa shape index (κ1) is 21.9. The molecular formula is C25H28F2N2O4. The van der Waals surface area contributed by atoms with Crippen LogP contribution in [0, 0.1) is 11.6 Å². The van der Waals surface area contributed by atoms with Crippen LogP contribution in [-0.4, -0.2) is 30.0 Å². The van der Waals surface area contributed by atoms with E-state index in [1.165, 1.54) is 25.3 Å². The lowest BCUT2D eigenvalue weighted by Gasteiger charge is -2.43. The van der Waals surface area contributed by atoms with Crippen molar-refractivity contribution in [1.82, 2.24) is 10.6 Å². The van der Waals surface area contributed by atoms with E-state index in [9.17, 15) is 18.4 Å². The van der Waals surface area contributed by atoms with Crippen LogP contribution in [0.2, 0.25) is 0 Å². The fourth-order valence-corrected chi connectivity index (χ4v) is 5.14. The highest BCUT2D eigenvalue weighted by atomic mass is 19.1. The molecule has 2 N–H and O–H groups in total. The molecule has 1 aromatic carbocycles. The predicted octanol–water partition coefficient (Wildman–Crippen LogP) is 4.38. The highest BCUT2D eigenvalue weighted by molar-refractivity contribution is 5.91. The number of carbonyl (C=O) groups excluding carboxylic acids is 2. The Labute approximate surface area is 191 Å². The van der Waals surface area contributed by atoms with Gasteiger partial charge in [0, 0.05) is 30.5 Å². The summed E-state index contributed by atoms with van der Waals surface area (Å²) in [7, 11) is 0. The van der Waals surface area contributed by atoms with Gasteiger partial charge >= 0.3 is 0 Å². The summed E-state index contributed by atoms with van der Waals surface area (Å²) in [6.45, 7) is 0.264. The van der Waals surface area contributed by atoms with Crippen LogP contribution in [-0.2, 0) is 11.2 Å². The van der Waals surface area contributed by atoms with Crippen LogP contribution in [0.3, 0.4) is 0 Å². The van der Waals surface area contributed by atoms with E-state index in [1.54, 1.807) is 6.07 Å². The average molecular weight is 459 g/mol. The first-order valence-electron chi connectivity index (χ1n) is 11.8. The largest absolute Gasteiger partial charge is 0.477 e. The molecular weight excluding hydrogens is 430 g/mol. The highest BCUT2D eigenvalue weighted by Crippen LogP contribution is 2.36. The smallest absolute Gasteiger partial charge is 0.287 e. The molecule has 0 bridgehead atoms. The summed E-state index contributed by atoms with van der Waals surface area (Å²) in [5, 5.41) is 5.87. The van der Waals surface area contributed by atoms with E-state index < -0.39 is 29.2 Å². The number of halogens is 2. The summed E-state index contributed by atoms with van der Waals surface area (Å²) >= 11 is 0. The SMILES string of the molecule is O=C(NCC1(NC(=O)C2Cc3cc(F)cc(F)c3O2)CCC1)c1ccc(C2CCCCC2)o1. The standard InChI is InChI=1S/C25H28F2N2O4/c26-17-11-16-12-21(33-22(16)18(27)13-17)24(31)29-25(9-4-10-25)14-28-23(30)20-8-7-19(32-20)15-5-2-1-3-6-15/h7-8,11,13,15,21H,1-6,9-10,12,14H2,(H,28,30)(H,29,31). The molecule has 2 amide bonds. The molecule has 33 heavy (non-hydrogen) atoms. The first-order chi connectivity index (χ1) is 15.9. The van der Waals surface area contributed by atoms with E-state index in [0.29, 0.717) is 24.3 Å². The third-order valence-corrected chi connectivity index (χ3v) is 7.19. The molecule has 1 unspecified atom stereocenters. The minimum absolute atomic E-state index is 0.0703. The van der Waals surface area contributed by atoms with Gasteiger partial charge in [0.1, 0.15) is 11.6 Å². The van der Waals surface area contributed by atoms with E-state index >= 15 is 0 Å². The van der Waals surface area contributed by atoms with Gasteiger partial charge in [0.15, 0.2) is 23.4 Å². The van der Waals surface area contributed by atoms with Crippen molar-refractivity contribution >= 4 is 11.8 Å². The molecule has 2 heterocycles. The Morgan fingerprint density at radius 3 is 2.58 bits per heavy atom. The van der Waals surface area contributed by atoms with Crippen LogP contribution in [0.15, 0.2) is 28.7 Å². The third kappa shape index (κ3) is 4.48. The lowest BCUT2D eigenvalue weighted by Crippen LogP contribution is -2.61. The van der Waals surface area contributed by atoms with Crippen LogP contribution in [0.4, 0.5) is 8.78 Å². The van der Waals surface area contributed by atoms with Crippen molar-refractivity contribution in [3.63, 3.8) is 0 Å². The maximum atomic E-state index is 13.9. The van der Waals surface area contributed by atoms with E-state index in [-0.39, 0.29) is 30.4 Å². The van der Waals surface area contributed by atoms with Gasteiger partial charge in [-0.3, -0.25) is 9.59 Å². The maximum absolute atomic E-state index is 13.9. The Morgan fingerprint density at radius 1 is 1.06 bits per heavy atom. The zero-order valence-corrected chi connectivity index (χ0v) is 18.4. The Bertz CT molecular complexity index is 1060. The predicted molar refractivity (Wildman–Crippen MR) is 116 cm³/mol. The van der Waals surface area contributed by atoms with Crippen molar-refractivity contribution in [3.8, 4) is 5.75 Å². The van der Waals surface area contributed by atoms with Crippen LogP contribution in [0.1, 0.15) is 79.2 Å². The molecule has 3 aliphatic rings. The van der Waals surface area contributed by atoms with Gasteiger partial charge in [0.05, 0.1) is 5.54 Å². The van der Waals surface area contributed by atoms with Crippen molar-refractivity contribution in [3.05, 3.63) is 53.0 Å². The number of ether oxygens (including phenoxy) is 1. The summed E-state index contributed by atoms with van der Waals surface area (Å²) in [6.07, 6.45) is 7.35. The number of furan rings is 1. The fraction of sp³-hybridized carbons (Fsp3) is 0.520. The Balaban J connectivity index is 1.17. The van der Waals surface area contributed by atoms with Crippen molar-refractivity contribution in [1.29, 1.82) is 0 Å². The number of amides is 2. The summed E-state index contributed by atoms with van der Waals surface area (Å²) in [5.41, 5.74) is -0.233. The summed E-state index contributed by atoms with van der Waals surface area (Å²) < 4.78 is 38.7. The van der Waals surface area contributed by atoms with Crippen LogP contribution in [0.25, 0.3) is 0 Å². The molecule has 1 atom stereocenters. The molecule has 2 aliphatic carbocycles. The van der Waals surface area contributed by atoms with E-state index in [1.807, 2.05) is 6.07 Å². The van der Waals surface area contributed by atoms with Crippen molar-refractivity contribution in [2.24, 2.45) is 0 Å². The lowest BCUT2D eigenvalue weighted by atomic mass is 9.76. The second kappa shape index (κ2) is 8.80. The monoisotopic (exact) mass is 458 g/mol. The molecule has 6 nitrogen and oxygen atoms in total. The molecule has 8 heteroatoms. The number of benzene rings is 1. The molecule has 0 spiro atoms. The number of nitrogens with one attached hydrogen (secondary N) is 2. The van der Waals surface area contributed by atoms with Gasteiger partial charge in [0.2, 0.25) is 0 Å². The van der Waals surface area contributed by atoms with Gasteiger partial charge in [-0.05, 0) is 50.3 Å². The second-order valence-electron chi connectivity index (χ2n) is 9.53. The van der Waals surface area contributed by atoms with E-state index in [4.69, 9.17) is 9.15 Å². The summed E-state index contributed by atoms with van der Waals surface area (Å²) in [6, 6.07) is 5.54. The van der Waals surface area contributed by atoms with Gasteiger partial charge in [-0.15, -0.1) is 0 Å². The van der Waals surface area contributed by atoms with Gasteiger partial charge in [-0.1, -0.05) is 19.3 Å². The quantitative estimate of drug-likeness (QED) is 0.673. The van der Waals surface area contributed by atoms with Crippen molar-refractivity contribution in [2.75, 3.05) is 6.54 Å². The normalized spacial score (nSPS) is 21.6. The van der Waals surface area contributed by atoms with E-state index in [2.05, 4.69) is 10.6 Å². The minimum atomic E-state index is -0.924. The Morgan fingerprint density at radius 2 is 1.85 bits per heavy atom. The highest BCUT2D eigenvalue weighted by Gasteiger charge is 2.42. The first-order valence-corrected chi connectivity index (χ1v) is 11.8. The maximum Gasteiger partial charge on any atom is 0.287 e. The molecule has 2 saturated carbocycles. The topological polar surface area (TPSA) is 80.6 Å². The molecule has 2 aromatic rings. The molecule has 1 aromatic heterocycles. The van der Waals surface area contributed by atoms with Crippen molar-refractivity contribution in [2.45, 2.75) is 75.3 Å². The minimum Gasteiger partial charge on any atom is -0.477 e. The third-order valence-electron chi connectivity index (χ3n) is 7.19. The van der Waals surface area contributed by atoms with E-state index in [0.717, 1.165) is 31.1 Å². The zero-order chi connectivity index (χ0) is 23.0. The van der Waals surface area contributed by atoms with Gasteiger partial charge in [-0.25, -0.2) is 8.78 Å². The lowest BCUT2D eigenvalue weighted by molar-refractivity contribution is -0.130. The number of fused-ring (bicyclic) bond motifs is 1. The van der Waals surface area contributed by atoms with Crippen LogP contribution < -0.4 is 15.4 Å². The molecule has 176 valence electrons. The summed E-state index contributed by atoms with van der Waals surface area (Å²) in [4.78, 5) is 25.5. The van der Waals surface area contributed by atoms with Gasteiger partial charge in [0.25, 0.3) is 11.8 Å². The van der Waals surface area contributed by atoms with Crippen molar-refractivity contribution < 1.29 is 27.5 Å².